The first-order valence-electron chi connectivity index (χ1n) is 7.06. The van der Waals surface area contributed by atoms with Gasteiger partial charge in [0.05, 0.1) is 25.2 Å². The summed E-state index contributed by atoms with van der Waals surface area (Å²) in [5.41, 5.74) is 0.0671. The van der Waals surface area contributed by atoms with Crippen molar-refractivity contribution in [1.29, 1.82) is 5.26 Å². The van der Waals surface area contributed by atoms with Crippen LogP contribution in [0.1, 0.15) is 35.7 Å². The van der Waals surface area contributed by atoms with Crippen molar-refractivity contribution in [2.75, 3.05) is 19.6 Å². The molecule has 6 heteroatoms. The topological polar surface area (TPSA) is 75.9 Å². The highest BCUT2D eigenvalue weighted by Gasteiger charge is 2.33. The first-order chi connectivity index (χ1) is 10.00. The summed E-state index contributed by atoms with van der Waals surface area (Å²) < 4.78 is 12.9. The number of nitrogens with one attached hydrogen (secondary N) is 1. The van der Waals surface area contributed by atoms with Gasteiger partial charge >= 0.3 is 0 Å². The molecule has 1 aromatic rings. The maximum Gasteiger partial charge on any atom is 0.251 e. The Kier molecular flexibility index (Phi) is 4.56. The van der Waals surface area contributed by atoms with Gasteiger partial charge in [0.15, 0.2) is 0 Å². The molecule has 1 aliphatic heterocycles. The number of amides is 1. The second-order valence-corrected chi connectivity index (χ2v) is 5.30. The van der Waals surface area contributed by atoms with E-state index in [1.54, 1.807) is 6.07 Å². The van der Waals surface area contributed by atoms with Crippen LogP contribution in [0, 0.1) is 22.4 Å². The summed E-state index contributed by atoms with van der Waals surface area (Å²) >= 11 is 0. The summed E-state index contributed by atoms with van der Waals surface area (Å²) in [5.74, 6) is -1.04. The van der Waals surface area contributed by atoms with Crippen molar-refractivity contribution in [2.45, 2.75) is 25.8 Å². The van der Waals surface area contributed by atoms with Crippen LogP contribution in [0.15, 0.2) is 18.2 Å². The number of halogens is 1. The molecule has 1 aliphatic rings. The molecule has 2 rings (SSSR count). The third-order valence-corrected chi connectivity index (χ3v) is 4.12. The van der Waals surface area contributed by atoms with Crippen molar-refractivity contribution in [1.82, 2.24) is 5.32 Å². The van der Waals surface area contributed by atoms with Gasteiger partial charge in [-0.3, -0.25) is 4.79 Å². The highest BCUT2D eigenvalue weighted by molar-refractivity contribution is 5.94. The monoisotopic (exact) mass is 291 g/mol. The van der Waals surface area contributed by atoms with Crippen LogP contribution in [-0.4, -0.2) is 36.2 Å². The number of rotatable bonds is 4. The Labute approximate surface area is 123 Å². The van der Waals surface area contributed by atoms with E-state index in [1.807, 2.05) is 6.92 Å². The number of hydrogen-bond acceptors (Lipinski definition) is 3. The third-order valence-electron chi connectivity index (χ3n) is 4.12. The quantitative estimate of drug-likeness (QED) is 0.680. The van der Waals surface area contributed by atoms with Gasteiger partial charge < -0.3 is 15.2 Å². The van der Waals surface area contributed by atoms with E-state index in [9.17, 15) is 14.4 Å². The van der Waals surface area contributed by atoms with Crippen LogP contribution in [0.2, 0.25) is 0 Å². The van der Waals surface area contributed by atoms with Gasteiger partial charge in [-0.15, -0.1) is 0 Å². The zero-order chi connectivity index (χ0) is 15.5. The molecular weight excluding hydrogens is 273 g/mol. The van der Waals surface area contributed by atoms with E-state index in [1.165, 1.54) is 12.1 Å². The molecule has 21 heavy (non-hydrogen) atoms. The number of carbonyl (C=O) groups is 1. The van der Waals surface area contributed by atoms with Crippen LogP contribution < -0.4 is 5.32 Å². The Morgan fingerprint density at radius 1 is 1.62 bits per heavy atom. The van der Waals surface area contributed by atoms with E-state index in [0.717, 1.165) is 18.9 Å². The van der Waals surface area contributed by atoms with E-state index in [2.05, 4.69) is 5.32 Å². The molecule has 1 N–H and O–H groups in total. The number of hydrogen-bond donors (Lipinski definition) is 1. The van der Waals surface area contributed by atoms with Gasteiger partial charge in [0.1, 0.15) is 17.9 Å². The number of nitriles is 1. The number of quaternary nitrogens is 1. The van der Waals surface area contributed by atoms with Crippen molar-refractivity contribution < 1.29 is 13.8 Å². The summed E-state index contributed by atoms with van der Waals surface area (Å²) in [5, 5.41) is 23.9. The van der Waals surface area contributed by atoms with Gasteiger partial charge in [-0.25, -0.2) is 4.39 Å². The lowest BCUT2D eigenvalue weighted by Gasteiger charge is -2.43. The van der Waals surface area contributed by atoms with Gasteiger partial charge in [0.25, 0.3) is 5.91 Å². The standard InChI is InChI=1S/C15H18FN3O2/c1-2-19(21)7-3-4-13(19)10-18-15(20)11-5-6-14(16)12(8-11)9-17/h5-6,8,13H,2-4,7,10H2,1H3,(H,18,20). The molecule has 1 amide bonds. The molecule has 1 heterocycles. The van der Waals surface area contributed by atoms with Crippen LogP contribution in [-0.2, 0) is 0 Å². The number of hydroxylamine groups is 3. The summed E-state index contributed by atoms with van der Waals surface area (Å²) in [7, 11) is 0. The Hall–Kier alpha value is -1.97. The predicted octanol–water partition coefficient (Wildman–Crippen LogP) is 1.92. The smallest absolute Gasteiger partial charge is 0.251 e. The van der Waals surface area contributed by atoms with E-state index >= 15 is 0 Å². The fraction of sp³-hybridized carbons (Fsp3) is 0.467. The van der Waals surface area contributed by atoms with E-state index in [0.29, 0.717) is 19.6 Å². The number of likely N-dealkylation sites (N-methyl/N-ethyl adjacent to an activating group) is 1. The largest absolute Gasteiger partial charge is 0.633 e. The van der Waals surface area contributed by atoms with Crippen LogP contribution in [0.25, 0.3) is 0 Å². The minimum absolute atomic E-state index is 0.130. The molecule has 0 aromatic heterocycles. The van der Waals surface area contributed by atoms with Crippen molar-refractivity contribution in [3.8, 4) is 6.07 Å². The van der Waals surface area contributed by atoms with E-state index in [4.69, 9.17) is 5.26 Å². The molecule has 1 aromatic carbocycles. The minimum atomic E-state index is -0.647. The molecule has 1 fully saturated rings. The highest BCUT2D eigenvalue weighted by atomic mass is 19.1. The Morgan fingerprint density at radius 2 is 2.38 bits per heavy atom. The summed E-state index contributed by atoms with van der Waals surface area (Å²) in [4.78, 5) is 12.0. The molecule has 0 radical (unpaired) electrons. The SMILES string of the molecule is CC[N+]1([O-])CCCC1CNC(=O)c1ccc(F)c(C#N)c1. The first kappa shape index (κ1) is 15.4. The summed E-state index contributed by atoms with van der Waals surface area (Å²) in [6.07, 6.45) is 1.66. The summed E-state index contributed by atoms with van der Waals surface area (Å²) in [6.45, 7) is 3.24. The fourth-order valence-corrected chi connectivity index (χ4v) is 2.76. The minimum Gasteiger partial charge on any atom is -0.633 e. The average molecular weight is 291 g/mol. The van der Waals surface area contributed by atoms with Crippen LogP contribution in [0.5, 0.6) is 0 Å². The van der Waals surface area contributed by atoms with Crippen molar-refractivity contribution >= 4 is 5.91 Å². The maximum absolute atomic E-state index is 13.2. The molecule has 1 saturated heterocycles. The third kappa shape index (κ3) is 3.20. The first-order valence-corrected chi connectivity index (χ1v) is 7.06. The molecule has 2 atom stereocenters. The highest BCUT2D eigenvalue weighted by Crippen LogP contribution is 2.24. The lowest BCUT2D eigenvalue weighted by molar-refractivity contribution is -0.889. The van der Waals surface area contributed by atoms with Crippen LogP contribution in [0.3, 0.4) is 0 Å². The predicted molar refractivity (Wildman–Crippen MR) is 75.5 cm³/mol. The fourth-order valence-electron chi connectivity index (χ4n) is 2.76. The van der Waals surface area contributed by atoms with E-state index in [-0.39, 0.29) is 27.7 Å². The van der Waals surface area contributed by atoms with Gasteiger partial charge in [0.2, 0.25) is 0 Å². The molecule has 0 spiro atoms. The van der Waals surface area contributed by atoms with Crippen molar-refractivity contribution in [3.63, 3.8) is 0 Å². The number of likely N-dealkylation sites (tertiary alicyclic amines) is 1. The van der Waals surface area contributed by atoms with Crippen molar-refractivity contribution in [3.05, 3.63) is 40.4 Å². The molecule has 0 bridgehead atoms. The molecule has 0 saturated carbocycles. The zero-order valence-corrected chi connectivity index (χ0v) is 11.9. The van der Waals surface area contributed by atoms with Crippen molar-refractivity contribution in [2.24, 2.45) is 0 Å². The second kappa shape index (κ2) is 6.20. The molecule has 112 valence electrons. The lowest BCUT2D eigenvalue weighted by atomic mass is 10.1. The molecule has 0 aliphatic carbocycles. The number of carbonyl (C=O) groups excluding carboxylic acids is 1. The van der Waals surface area contributed by atoms with E-state index < -0.39 is 5.82 Å². The number of nitrogens with zero attached hydrogens (tertiary/aromatic N) is 2. The van der Waals surface area contributed by atoms with Gasteiger partial charge in [0, 0.05) is 18.4 Å². The second-order valence-electron chi connectivity index (χ2n) is 5.30. The maximum atomic E-state index is 13.2. The Bertz CT molecular complexity index is 585. The van der Waals surface area contributed by atoms with Gasteiger partial charge in [-0.2, -0.15) is 5.26 Å². The van der Waals surface area contributed by atoms with Crippen LogP contribution in [0.4, 0.5) is 4.39 Å². The van der Waals surface area contributed by atoms with Crippen LogP contribution >= 0.6 is 0 Å². The zero-order valence-electron chi connectivity index (χ0n) is 11.9. The summed E-state index contributed by atoms with van der Waals surface area (Å²) in [6, 6.07) is 5.23. The van der Waals surface area contributed by atoms with Gasteiger partial charge in [-0.05, 0) is 25.1 Å². The molecule has 2 unspecified atom stereocenters. The molecular formula is C15H18FN3O2. The lowest BCUT2D eigenvalue weighted by Crippen LogP contribution is -2.51. The normalized spacial score (nSPS) is 24.6. The average Bonchev–Trinajstić information content (AvgIpc) is 2.87. The van der Waals surface area contributed by atoms with Gasteiger partial charge in [-0.1, -0.05) is 0 Å². The Balaban J connectivity index is 2.01. The Morgan fingerprint density at radius 3 is 3.05 bits per heavy atom. The molecule has 5 nitrogen and oxygen atoms in total. The number of benzene rings is 1.